The zero-order valence-electron chi connectivity index (χ0n) is 11.1. The van der Waals surface area contributed by atoms with Crippen LogP contribution in [0.2, 0.25) is 0 Å². The van der Waals surface area contributed by atoms with Gasteiger partial charge in [0.25, 0.3) is 5.91 Å². The monoisotopic (exact) mass is 320 g/mol. The third-order valence-corrected chi connectivity index (χ3v) is 3.01. The molecule has 2 aromatic carbocycles. The molecule has 1 amide bonds. The lowest BCUT2D eigenvalue weighted by Gasteiger charge is -2.14. The first kappa shape index (κ1) is 15.4. The van der Waals surface area contributed by atoms with E-state index in [1.165, 1.54) is 12.1 Å². The van der Waals surface area contributed by atoms with E-state index in [4.69, 9.17) is 5.73 Å². The molecular weight excluding hydrogens is 308 g/mol. The van der Waals surface area contributed by atoms with Crippen LogP contribution in [0.4, 0.5) is 0 Å². The Morgan fingerprint density at radius 1 is 1.05 bits per heavy atom. The van der Waals surface area contributed by atoms with Gasteiger partial charge in [0.15, 0.2) is 16.6 Å². The summed E-state index contributed by atoms with van der Waals surface area (Å²) in [4.78, 5) is 12.1. The van der Waals surface area contributed by atoms with Crippen molar-refractivity contribution >= 4 is 23.2 Å². The average Bonchev–Trinajstić information content (AvgIpc) is 2.45. The molecule has 114 valence electrons. The fraction of sp³-hybridized carbons (Fsp3) is 0. The highest BCUT2D eigenvalue weighted by atomic mass is 32.1. The van der Waals surface area contributed by atoms with E-state index >= 15 is 0 Å². The smallest absolute Gasteiger partial charge is 0.258 e. The first-order valence-electron chi connectivity index (χ1n) is 6.00. The Bertz CT molecular complexity index is 776. The topological polar surface area (TPSA) is 136 Å². The van der Waals surface area contributed by atoms with E-state index in [-0.39, 0.29) is 27.6 Å². The van der Waals surface area contributed by atoms with Gasteiger partial charge in [-0.25, -0.2) is 0 Å². The second kappa shape index (κ2) is 5.78. The lowest BCUT2D eigenvalue weighted by Crippen LogP contribution is -2.35. The highest BCUT2D eigenvalue weighted by molar-refractivity contribution is 7.80. The van der Waals surface area contributed by atoms with Crippen LogP contribution in [0.5, 0.6) is 23.0 Å². The number of amides is 1. The Kier molecular flexibility index (Phi) is 4.04. The van der Waals surface area contributed by atoms with Gasteiger partial charge < -0.3 is 26.2 Å². The Balaban J connectivity index is 2.76. The van der Waals surface area contributed by atoms with Crippen molar-refractivity contribution in [2.75, 3.05) is 0 Å². The first-order chi connectivity index (χ1) is 10.3. The number of carbonyl (C=O) groups is 1. The number of para-hydroxylation sites is 1. The molecule has 0 saturated heterocycles. The van der Waals surface area contributed by atoms with E-state index in [9.17, 15) is 25.2 Å². The van der Waals surface area contributed by atoms with E-state index in [1.807, 2.05) is 0 Å². The van der Waals surface area contributed by atoms with Gasteiger partial charge in [-0.05, 0) is 24.4 Å². The molecule has 8 heteroatoms. The van der Waals surface area contributed by atoms with Crippen molar-refractivity contribution in [1.29, 1.82) is 0 Å². The number of aromatic hydroxyl groups is 4. The van der Waals surface area contributed by atoms with Gasteiger partial charge >= 0.3 is 0 Å². The van der Waals surface area contributed by atoms with E-state index < -0.39 is 23.2 Å². The lowest BCUT2D eigenvalue weighted by atomic mass is 9.96. The van der Waals surface area contributed by atoms with Crippen LogP contribution < -0.4 is 11.1 Å². The van der Waals surface area contributed by atoms with Crippen LogP contribution in [0.15, 0.2) is 30.3 Å². The number of nitrogens with one attached hydrogen (secondary N) is 1. The summed E-state index contributed by atoms with van der Waals surface area (Å²) < 4.78 is 0. The van der Waals surface area contributed by atoms with Gasteiger partial charge in [-0.2, -0.15) is 0 Å². The average molecular weight is 320 g/mol. The summed E-state index contributed by atoms with van der Waals surface area (Å²) in [7, 11) is 0. The minimum atomic E-state index is -0.815. The predicted octanol–water partition coefficient (Wildman–Crippen LogP) is 1.15. The number of benzene rings is 2. The summed E-state index contributed by atoms with van der Waals surface area (Å²) in [6.07, 6.45) is 0. The molecule has 0 aliphatic heterocycles. The number of nitrogens with two attached hydrogens (primary N) is 1. The molecule has 0 bridgehead atoms. The molecule has 0 saturated carbocycles. The van der Waals surface area contributed by atoms with Crippen LogP contribution in [0.3, 0.4) is 0 Å². The van der Waals surface area contributed by atoms with Crippen molar-refractivity contribution in [3.05, 3.63) is 35.9 Å². The maximum absolute atomic E-state index is 12.1. The number of phenols is 4. The molecule has 0 aromatic heterocycles. The van der Waals surface area contributed by atoms with Crippen molar-refractivity contribution in [2.45, 2.75) is 0 Å². The largest absolute Gasteiger partial charge is 0.507 e. The number of phenolic OH excluding ortho intramolecular Hbond substituents is 4. The molecule has 22 heavy (non-hydrogen) atoms. The molecule has 2 aromatic rings. The molecule has 0 heterocycles. The molecule has 0 spiro atoms. The summed E-state index contributed by atoms with van der Waals surface area (Å²) in [6, 6.07) is 6.81. The van der Waals surface area contributed by atoms with Gasteiger partial charge in [-0.15, -0.1) is 0 Å². The van der Waals surface area contributed by atoms with E-state index in [0.29, 0.717) is 0 Å². The van der Waals surface area contributed by atoms with Gasteiger partial charge in [0.2, 0.25) is 5.75 Å². The first-order valence-corrected chi connectivity index (χ1v) is 6.40. The van der Waals surface area contributed by atoms with E-state index in [1.54, 1.807) is 12.1 Å². The summed E-state index contributed by atoms with van der Waals surface area (Å²) in [6.45, 7) is 0. The fourth-order valence-electron chi connectivity index (χ4n) is 1.96. The van der Waals surface area contributed by atoms with E-state index in [2.05, 4.69) is 17.5 Å². The Hall–Kier alpha value is -3.00. The molecule has 7 N–H and O–H groups in total. The van der Waals surface area contributed by atoms with Crippen molar-refractivity contribution < 1.29 is 25.2 Å². The van der Waals surface area contributed by atoms with Crippen molar-refractivity contribution in [3.8, 4) is 34.1 Å². The Morgan fingerprint density at radius 3 is 2.27 bits per heavy atom. The molecule has 7 nitrogen and oxygen atoms in total. The standard InChI is InChI=1S/C14H12N2O5S/c15-14(22)16-13(21)7-5-9(18)11(19)12(20)10(7)6-3-1-2-4-8(6)17/h1-5,17-20H,(H3,15,16,21,22). The second-order valence-corrected chi connectivity index (χ2v) is 4.79. The summed E-state index contributed by atoms with van der Waals surface area (Å²) >= 11 is 4.57. The molecule has 2 rings (SSSR count). The predicted molar refractivity (Wildman–Crippen MR) is 82.8 cm³/mol. The van der Waals surface area contributed by atoms with Crippen LogP contribution >= 0.6 is 12.2 Å². The third kappa shape index (κ3) is 2.72. The van der Waals surface area contributed by atoms with Crippen LogP contribution in [-0.2, 0) is 0 Å². The zero-order valence-corrected chi connectivity index (χ0v) is 11.9. The van der Waals surface area contributed by atoms with Crippen LogP contribution in [-0.4, -0.2) is 31.4 Å². The molecule has 0 unspecified atom stereocenters. The maximum atomic E-state index is 12.1. The van der Waals surface area contributed by atoms with Gasteiger partial charge in [-0.3, -0.25) is 10.1 Å². The number of rotatable bonds is 2. The van der Waals surface area contributed by atoms with Gasteiger partial charge in [-0.1, -0.05) is 18.2 Å². The van der Waals surface area contributed by atoms with Crippen molar-refractivity contribution in [1.82, 2.24) is 5.32 Å². The summed E-state index contributed by atoms with van der Waals surface area (Å²) in [5, 5.41) is 41.0. The SMILES string of the molecule is NC(=S)NC(=O)c1cc(O)c(O)c(O)c1-c1ccccc1O. The molecule has 0 aliphatic rings. The van der Waals surface area contributed by atoms with Gasteiger partial charge in [0, 0.05) is 11.1 Å². The minimum Gasteiger partial charge on any atom is -0.507 e. The minimum absolute atomic E-state index is 0.0865. The highest BCUT2D eigenvalue weighted by Gasteiger charge is 2.24. The number of hydrogen-bond donors (Lipinski definition) is 6. The number of carbonyl (C=O) groups excluding carboxylic acids is 1. The highest BCUT2D eigenvalue weighted by Crippen LogP contribution is 2.46. The summed E-state index contributed by atoms with van der Waals surface area (Å²) in [5.41, 5.74) is 4.93. The number of hydrogen-bond acceptors (Lipinski definition) is 6. The van der Waals surface area contributed by atoms with Crippen LogP contribution in [0.25, 0.3) is 11.1 Å². The zero-order chi connectivity index (χ0) is 16.4. The molecule has 0 atom stereocenters. The number of thiocarbonyl (C=S) groups is 1. The fourth-order valence-corrected chi connectivity index (χ4v) is 2.05. The summed E-state index contributed by atoms with van der Waals surface area (Å²) in [5.74, 6) is -3.31. The van der Waals surface area contributed by atoms with Gasteiger partial charge in [0.1, 0.15) is 5.75 Å². The molecule has 0 fully saturated rings. The quantitative estimate of drug-likeness (QED) is 0.361. The van der Waals surface area contributed by atoms with Crippen LogP contribution in [0, 0.1) is 0 Å². The third-order valence-electron chi connectivity index (χ3n) is 2.91. The van der Waals surface area contributed by atoms with Crippen molar-refractivity contribution in [3.63, 3.8) is 0 Å². The second-order valence-electron chi connectivity index (χ2n) is 4.35. The lowest BCUT2D eigenvalue weighted by molar-refractivity contribution is 0.0977. The molecular formula is C14H12N2O5S. The van der Waals surface area contributed by atoms with Crippen LogP contribution in [0.1, 0.15) is 10.4 Å². The molecule has 0 aliphatic carbocycles. The van der Waals surface area contributed by atoms with Gasteiger partial charge in [0.05, 0.1) is 5.56 Å². The maximum Gasteiger partial charge on any atom is 0.258 e. The van der Waals surface area contributed by atoms with Crippen molar-refractivity contribution in [2.24, 2.45) is 5.73 Å². The Labute approximate surface area is 130 Å². The van der Waals surface area contributed by atoms with E-state index in [0.717, 1.165) is 6.07 Å². The molecule has 0 radical (unpaired) electrons. The Morgan fingerprint density at radius 2 is 1.68 bits per heavy atom. The normalized spacial score (nSPS) is 10.2.